The number of nitrogens with zero attached hydrogens (tertiary/aromatic N) is 1. The van der Waals surface area contributed by atoms with Crippen molar-refractivity contribution in [1.29, 1.82) is 0 Å². The predicted octanol–water partition coefficient (Wildman–Crippen LogP) is 0.940. The van der Waals surface area contributed by atoms with E-state index in [0.717, 1.165) is 13.0 Å². The molecule has 86 valence electrons. The first kappa shape index (κ1) is 11.1. The summed E-state index contributed by atoms with van der Waals surface area (Å²) < 4.78 is 0. The molecule has 1 aromatic heterocycles. The summed E-state index contributed by atoms with van der Waals surface area (Å²) in [6.45, 7) is 1.44. The molecule has 0 spiro atoms. The zero-order chi connectivity index (χ0) is 11.4. The maximum absolute atomic E-state index is 11.8. The quantitative estimate of drug-likeness (QED) is 0.774. The minimum absolute atomic E-state index is 0.0225. The highest BCUT2D eigenvalue weighted by Crippen LogP contribution is 2.47. The van der Waals surface area contributed by atoms with Crippen molar-refractivity contribution < 1.29 is 4.79 Å². The number of aromatic nitrogens is 1. The third-order valence-corrected chi connectivity index (χ3v) is 3.20. The van der Waals surface area contributed by atoms with Crippen LogP contribution in [-0.2, 0) is 0 Å². The number of hydrogen-bond donors (Lipinski definition) is 2. The molecule has 2 rings (SSSR count). The van der Waals surface area contributed by atoms with Crippen LogP contribution in [0.2, 0.25) is 0 Å². The first-order valence-electron chi connectivity index (χ1n) is 5.64. The molecule has 16 heavy (non-hydrogen) atoms. The van der Waals surface area contributed by atoms with E-state index in [1.165, 1.54) is 12.8 Å². The van der Waals surface area contributed by atoms with Crippen molar-refractivity contribution in [2.75, 3.05) is 13.1 Å². The molecule has 0 aromatic carbocycles. The van der Waals surface area contributed by atoms with Gasteiger partial charge in [-0.25, -0.2) is 0 Å². The van der Waals surface area contributed by atoms with Gasteiger partial charge in [0.05, 0.1) is 0 Å². The number of amides is 1. The molecule has 1 saturated carbocycles. The van der Waals surface area contributed by atoms with Crippen molar-refractivity contribution in [1.82, 2.24) is 10.3 Å². The summed E-state index contributed by atoms with van der Waals surface area (Å²) in [7, 11) is 0. The second-order valence-corrected chi connectivity index (χ2v) is 4.46. The summed E-state index contributed by atoms with van der Waals surface area (Å²) in [4.78, 5) is 15.6. The van der Waals surface area contributed by atoms with E-state index in [1.807, 2.05) is 0 Å². The molecular formula is C12H17N3O. The van der Waals surface area contributed by atoms with E-state index in [-0.39, 0.29) is 11.3 Å². The molecule has 0 saturated heterocycles. The summed E-state index contributed by atoms with van der Waals surface area (Å²) in [5, 5.41) is 2.96. The minimum Gasteiger partial charge on any atom is -0.351 e. The average Bonchev–Trinajstić information content (AvgIpc) is 3.08. The summed E-state index contributed by atoms with van der Waals surface area (Å²) >= 11 is 0. The van der Waals surface area contributed by atoms with Gasteiger partial charge in [0.15, 0.2) is 0 Å². The van der Waals surface area contributed by atoms with Gasteiger partial charge in [0.25, 0.3) is 5.91 Å². The monoisotopic (exact) mass is 219 g/mol. The highest BCUT2D eigenvalue weighted by atomic mass is 16.1. The highest BCUT2D eigenvalue weighted by Gasteiger charge is 2.41. The summed E-state index contributed by atoms with van der Waals surface area (Å²) in [6, 6.07) is 3.44. The van der Waals surface area contributed by atoms with Crippen LogP contribution in [0.5, 0.6) is 0 Å². The normalized spacial score (nSPS) is 16.8. The van der Waals surface area contributed by atoms with Gasteiger partial charge in [-0.15, -0.1) is 0 Å². The maximum Gasteiger partial charge on any atom is 0.251 e. The van der Waals surface area contributed by atoms with Crippen LogP contribution in [0.1, 0.15) is 29.6 Å². The molecule has 4 heteroatoms. The number of nitrogens with two attached hydrogens (primary N) is 1. The topological polar surface area (TPSA) is 68.0 Å². The van der Waals surface area contributed by atoms with Gasteiger partial charge in [0.1, 0.15) is 0 Å². The second-order valence-electron chi connectivity index (χ2n) is 4.46. The number of rotatable bonds is 5. The van der Waals surface area contributed by atoms with Crippen molar-refractivity contribution in [3.63, 3.8) is 0 Å². The van der Waals surface area contributed by atoms with Crippen molar-refractivity contribution in [3.8, 4) is 0 Å². The Kier molecular flexibility index (Phi) is 3.19. The molecular weight excluding hydrogens is 202 g/mol. The Labute approximate surface area is 95.3 Å². The molecule has 1 amide bonds. The van der Waals surface area contributed by atoms with E-state index in [4.69, 9.17) is 5.73 Å². The molecule has 4 nitrogen and oxygen atoms in total. The van der Waals surface area contributed by atoms with E-state index in [2.05, 4.69) is 10.3 Å². The van der Waals surface area contributed by atoms with Gasteiger partial charge >= 0.3 is 0 Å². The summed E-state index contributed by atoms with van der Waals surface area (Å²) in [5.74, 6) is -0.0225. The number of carbonyl (C=O) groups excluding carboxylic acids is 1. The van der Waals surface area contributed by atoms with Crippen molar-refractivity contribution in [3.05, 3.63) is 30.1 Å². The largest absolute Gasteiger partial charge is 0.351 e. The van der Waals surface area contributed by atoms with Gasteiger partial charge in [-0.1, -0.05) is 0 Å². The van der Waals surface area contributed by atoms with Gasteiger partial charge in [-0.05, 0) is 43.4 Å². The van der Waals surface area contributed by atoms with Crippen molar-refractivity contribution in [2.45, 2.75) is 19.3 Å². The van der Waals surface area contributed by atoms with E-state index in [1.54, 1.807) is 24.5 Å². The molecule has 0 radical (unpaired) electrons. The fourth-order valence-corrected chi connectivity index (χ4v) is 1.87. The molecule has 0 atom stereocenters. The third kappa shape index (κ3) is 2.58. The van der Waals surface area contributed by atoms with Gasteiger partial charge in [-0.3, -0.25) is 9.78 Å². The predicted molar refractivity (Wildman–Crippen MR) is 61.9 cm³/mol. The second kappa shape index (κ2) is 4.61. The maximum atomic E-state index is 11.8. The molecule has 1 aromatic rings. The Morgan fingerprint density at radius 1 is 1.44 bits per heavy atom. The van der Waals surface area contributed by atoms with Crippen molar-refractivity contribution >= 4 is 5.91 Å². The molecule has 1 aliphatic rings. The Balaban J connectivity index is 1.85. The van der Waals surface area contributed by atoms with Crippen LogP contribution in [0.25, 0.3) is 0 Å². The zero-order valence-electron chi connectivity index (χ0n) is 9.28. The Bertz CT molecular complexity index is 360. The first-order valence-corrected chi connectivity index (χ1v) is 5.64. The summed E-state index contributed by atoms with van der Waals surface area (Å²) in [5.41, 5.74) is 6.51. The average molecular weight is 219 g/mol. The SMILES string of the molecule is NCCC1(CNC(=O)c2ccncc2)CC1. The third-order valence-electron chi connectivity index (χ3n) is 3.20. The van der Waals surface area contributed by atoms with E-state index >= 15 is 0 Å². The van der Waals surface area contributed by atoms with Crippen LogP contribution in [0.15, 0.2) is 24.5 Å². The molecule has 1 heterocycles. The van der Waals surface area contributed by atoms with Gasteiger partial charge in [0.2, 0.25) is 0 Å². The number of pyridine rings is 1. The molecule has 1 fully saturated rings. The number of carbonyl (C=O) groups is 1. The number of nitrogens with one attached hydrogen (secondary N) is 1. The standard InChI is InChI=1S/C12H17N3O/c13-6-5-12(3-4-12)9-15-11(16)10-1-7-14-8-2-10/h1-2,7-8H,3-6,9,13H2,(H,15,16). The highest BCUT2D eigenvalue weighted by molar-refractivity contribution is 5.93. The van der Waals surface area contributed by atoms with Crippen molar-refractivity contribution in [2.24, 2.45) is 11.1 Å². The fraction of sp³-hybridized carbons (Fsp3) is 0.500. The van der Waals surface area contributed by atoms with Crippen LogP contribution in [0.3, 0.4) is 0 Å². The lowest BCUT2D eigenvalue weighted by Gasteiger charge is -2.14. The van der Waals surface area contributed by atoms with E-state index in [9.17, 15) is 4.79 Å². The van der Waals surface area contributed by atoms with Crippen LogP contribution in [-0.4, -0.2) is 24.0 Å². The molecule has 0 bridgehead atoms. The lowest BCUT2D eigenvalue weighted by atomic mass is 10.0. The molecule has 0 unspecified atom stereocenters. The zero-order valence-corrected chi connectivity index (χ0v) is 9.28. The molecule has 0 aliphatic heterocycles. The van der Waals surface area contributed by atoms with Gasteiger partial charge in [0, 0.05) is 24.5 Å². The Hall–Kier alpha value is -1.42. The molecule has 3 N–H and O–H groups in total. The van der Waals surface area contributed by atoms with Crippen LogP contribution in [0.4, 0.5) is 0 Å². The minimum atomic E-state index is -0.0225. The summed E-state index contributed by atoms with van der Waals surface area (Å²) in [6.07, 6.45) is 6.62. The fourth-order valence-electron chi connectivity index (χ4n) is 1.87. The molecule has 1 aliphatic carbocycles. The first-order chi connectivity index (χ1) is 7.76. The lowest BCUT2D eigenvalue weighted by Crippen LogP contribution is -2.31. The van der Waals surface area contributed by atoms with E-state index < -0.39 is 0 Å². The van der Waals surface area contributed by atoms with Gasteiger partial charge in [-0.2, -0.15) is 0 Å². The van der Waals surface area contributed by atoms with Crippen LogP contribution in [0, 0.1) is 5.41 Å². The lowest BCUT2D eigenvalue weighted by molar-refractivity contribution is 0.0944. The van der Waals surface area contributed by atoms with Gasteiger partial charge < -0.3 is 11.1 Å². The number of hydrogen-bond acceptors (Lipinski definition) is 3. The Morgan fingerprint density at radius 2 is 2.12 bits per heavy atom. The van der Waals surface area contributed by atoms with E-state index in [0.29, 0.717) is 12.1 Å². The van der Waals surface area contributed by atoms with Crippen LogP contribution < -0.4 is 11.1 Å². The smallest absolute Gasteiger partial charge is 0.251 e. The van der Waals surface area contributed by atoms with Crippen LogP contribution >= 0.6 is 0 Å². The Morgan fingerprint density at radius 3 is 2.69 bits per heavy atom.